The van der Waals surface area contributed by atoms with E-state index in [1.807, 2.05) is 48.5 Å². The van der Waals surface area contributed by atoms with Crippen molar-refractivity contribution >= 4 is 34.0 Å². The minimum absolute atomic E-state index is 0. The van der Waals surface area contributed by atoms with Crippen LogP contribution in [0.1, 0.15) is 29.9 Å². The summed E-state index contributed by atoms with van der Waals surface area (Å²) in [7, 11) is 0. The summed E-state index contributed by atoms with van der Waals surface area (Å²) in [6, 6.07) is 17.2. The van der Waals surface area contributed by atoms with Crippen molar-refractivity contribution < 1.29 is 41.8 Å². The Bertz CT molecular complexity index is 994. The molecule has 1 saturated carbocycles. The molecule has 1 aliphatic rings. The number of benzene rings is 3. The van der Waals surface area contributed by atoms with Gasteiger partial charge in [-0.3, -0.25) is 0 Å². The van der Waals surface area contributed by atoms with Crippen LogP contribution >= 0.6 is 23.2 Å². The van der Waals surface area contributed by atoms with Gasteiger partial charge in [0.15, 0.2) is 0 Å². The molecule has 1 fully saturated rings. The van der Waals surface area contributed by atoms with Crippen molar-refractivity contribution in [2.24, 2.45) is 5.92 Å². The summed E-state index contributed by atoms with van der Waals surface area (Å²) in [5.74, 6) is 0.928. The van der Waals surface area contributed by atoms with E-state index < -0.39 is 0 Å². The first kappa shape index (κ1) is 23.0. The number of alkyl halides is 1. The van der Waals surface area contributed by atoms with E-state index in [1.165, 1.54) is 0 Å². The van der Waals surface area contributed by atoms with Gasteiger partial charge in [0.05, 0.1) is 6.61 Å². The second-order valence-corrected chi connectivity index (χ2v) is 8.33. The van der Waals surface area contributed by atoms with Crippen LogP contribution in [0.25, 0.3) is 10.8 Å². The van der Waals surface area contributed by atoms with Gasteiger partial charge in [-0.2, -0.15) is 6.42 Å². The Morgan fingerprint density at radius 2 is 1.79 bits per heavy atom. The summed E-state index contributed by atoms with van der Waals surface area (Å²) >= 11 is 12.9. The molecule has 0 N–H and O–H groups in total. The average Bonchev–Trinajstić information content (AvgIpc) is 3.08. The molecule has 0 aliphatic heterocycles. The van der Waals surface area contributed by atoms with Gasteiger partial charge in [-0.25, -0.2) is 4.39 Å². The predicted molar refractivity (Wildman–Crippen MR) is 115 cm³/mol. The van der Waals surface area contributed by atoms with E-state index in [0.717, 1.165) is 34.9 Å². The Hall–Kier alpha value is -0.666. The standard InChI is InChI=1S/C24H22Cl2FO.Y/c1-2-15-7-8-16(13-23(15)27)17-9-10-22(26)20(17)14-28-24-12-11-21(25)18-5-3-4-6-19(18)24;/h3-8,11-13,17,20,22H,1-2,9-10,14H2;/q-1;/t17-,20-,22?;/m1./s1. The van der Waals surface area contributed by atoms with E-state index in [-0.39, 0.29) is 55.7 Å². The third-order valence-electron chi connectivity index (χ3n) is 5.77. The van der Waals surface area contributed by atoms with Gasteiger partial charge < -0.3 is 11.7 Å². The SMILES string of the molecule is [CH2-]Cc1ccc([C@H]2CCC(Cl)[C@@H]2COc2ccc(Cl)c3ccccc23)cc1F.[Y]. The number of ether oxygens (including phenoxy) is 1. The Balaban J connectivity index is 0.00000240. The molecule has 5 heteroatoms. The van der Waals surface area contributed by atoms with Gasteiger partial charge in [-0.05, 0) is 48.1 Å². The van der Waals surface area contributed by atoms with Gasteiger partial charge in [0.2, 0.25) is 0 Å². The van der Waals surface area contributed by atoms with Crippen LogP contribution in [0.15, 0.2) is 54.6 Å². The summed E-state index contributed by atoms with van der Waals surface area (Å²) in [6.07, 6.45) is 2.29. The molecule has 1 radical (unpaired) electrons. The summed E-state index contributed by atoms with van der Waals surface area (Å²) in [5, 5.41) is 2.68. The molecule has 0 heterocycles. The zero-order chi connectivity index (χ0) is 19.7. The third-order valence-corrected chi connectivity index (χ3v) is 6.64. The molecule has 1 nitrogen and oxygen atoms in total. The van der Waals surface area contributed by atoms with Crippen molar-refractivity contribution in [2.75, 3.05) is 6.61 Å². The molecule has 3 aromatic rings. The monoisotopic (exact) mass is 504 g/mol. The van der Waals surface area contributed by atoms with Crippen LogP contribution in [0.2, 0.25) is 5.02 Å². The molecule has 1 aliphatic carbocycles. The van der Waals surface area contributed by atoms with Crippen LogP contribution in [-0.4, -0.2) is 12.0 Å². The van der Waals surface area contributed by atoms with Gasteiger partial charge in [0.25, 0.3) is 0 Å². The first-order valence-electron chi connectivity index (χ1n) is 9.60. The number of hydrogen-bond acceptors (Lipinski definition) is 1. The first-order chi connectivity index (χ1) is 13.6. The molecule has 29 heavy (non-hydrogen) atoms. The van der Waals surface area contributed by atoms with Crippen molar-refractivity contribution in [3.05, 3.63) is 83.5 Å². The molecule has 0 aromatic heterocycles. The quantitative estimate of drug-likeness (QED) is 0.264. The van der Waals surface area contributed by atoms with E-state index in [4.69, 9.17) is 27.9 Å². The number of halogens is 3. The van der Waals surface area contributed by atoms with Crippen molar-refractivity contribution in [1.29, 1.82) is 0 Å². The Labute approximate surface area is 206 Å². The zero-order valence-electron chi connectivity index (χ0n) is 16.1. The molecule has 3 aromatic carbocycles. The maximum Gasteiger partial charge on any atom is 0.127 e. The van der Waals surface area contributed by atoms with E-state index in [2.05, 4.69) is 6.92 Å². The van der Waals surface area contributed by atoms with E-state index in [9.17, 15) is 4.39 Å². The van der Waals surface area contributed by atoms with E-state index in [0.29, 0.717) is 23.6 Å². The summed E-state index contributed by atoms with van der Waals surface area (Å²) in [6.45, 7) is 4.26. The molecule has 149 valence electrons. The molecule has 0 saturated heterocycles. The molecule has 0 spiro atoms. The molecular weight excluding hydrogens is 483 g/mol. The first-order valence-corrected chi connectivity index (χ1v) is 10.4. The van der Waals surface area contributed by atoms with Gasteiger partial charge in [0.1, 0.15) is 11.6 Å². The Morgan fingerprint density at radius 3 is 2.52 bits per heavy atom. The van der Waals surface area contributed by atoms with Crippen LogP contribution < -0.4 is 4.74 Å². The Morgan fingerprint density at radius 1 is 1.03 bits per heavy atom. The van der Waals surface area contributed by atoms with Crippen LogP contribution in [-0.2, 0) is 39.1 Å². The van der Waals surface area contributed by atoms with Gasteiger partial charge in [0, 0.05) is 59.8 Å². The summed E-state index contributed by atoms with van der Waals surface area (Å²) in [4.78, 5) is 0. The molecule has 0 bridgehead atoms. The number of fused-ring (bicyclic) bond motifs is 1. The molecule has 3 atom stereocenters. The second-order valence-electron chi connectivity index (χ2n) is 7.37. The molecule has 1 unspecified atom stereocenters. The maximum atomic E-state index is 14.3. The fourth-order valence-corrected chi connectivity index (χ4v) is 4.80. The van der Waals surface area contributed by atoms with Gasteiger partial charge in [-0.15, -0.1) is 11.6 Å². The van der Waals surface area contributed by atoms with Crippen LogP contribution in [0, 0.1) is 18.7 Å². The minimum atomic E-state index is -0.186. The zero-order valence-corrected chi connectivity index (χ0v) is 20.4. The molecular formula is C24H22Cl2FOY-. The predicted octanol–water partition coefficient (Wildman–Crippen LogP) is 7.19. The van der Waals surface area contributed by atoms with Crippen LogP contribution in [0.3, 0.4) is 0 Å². The fraction of sp³-hybridized carbons (Fsp3) is 0.292. The van der Waals surface area contributed by atoms with Crippen LogP contribution in [0.5, 0.6) is 5.75 Å². The topological polar surface area (TPSA) is 9.23 Å². The summed E-state index contributed by atoms with van der Waals surface area (Å²) < 4.78 is 20.5. The molecule has 4 rings (SSSR count). The van der Waals surface area contributed by atoms with Crippen LogP contribution in [0.4, 0.5) is 4.39 Å². The fourth-order valence-electron chi connectivity index (χ4n) is 4.20. The average molecular weight is 505 g/mol. The second kappa shape index (κ2) is 10.1. The largest absolute Gasteiger partial charge is 0.493 e. The Kier molecular flexibility index (Phi) is 8.01. The van der Waals surface area contributed by atoms with Crippen molar-refractivity contribution in [3.63, 3.8) is 0 Å². The van der Waals surface area contributed by atoms with Gasteiger partial charge in [-0.1, -0.05) is 48.0 Å². The van der Waals surface area contributed by atoms with Crippen molar-refractivity contribution in [1.82, 2.24) is 0 Å². The minimum Gasteiger partial charge on any atom is -0.493 e. The normalized spacial score (nSPS) is 21.2. The van der Waals surface area contributed by atoms with E-state index in [1.54, 1.807) is 6.07 Å². The van der Waals surface area contributed by atoms with Crippen molar-refractivity contribution in [2.45, 2.75) is 30.6 Å². The smallest absolute Gasteiger partial charge is 0.127 e. The summed E-state index contributed by atoms with van der Waals surface area (Å²) in [5.41, 5.74) is 1.64. The maximum absolute atomic E-state index is 14.3. The van der Waals surface area contributed by atoms with Crippen molar-refractivity contribution in [3.8, 4) is 5.75 Å². The number of rotatable bonds is 5. The molecule has 0 amide bonds. The van der Waals surface area contributed by atoms with E-state index >= 15 is 0 Å². The number of hydrogen-bond donors (Lipinski definition) is 0. The third kappa shape index (κ3) is 4.82. The van der Waals surface area contributed by atoms with Gasteiger partial charge >= 0.3 is 0 Å².